The molecular formula is C15H17FO4. The van der Waals surface area contributed by atoms with E-state index in [-0.39, 0.29) is 18.5 Å². The van der Waals surface area contributed by atoms with Gasteiger partial charge in [0, 0.05) is 18.2 Å². The van der Waals surface area contributed by atoms with Crippen molar-refractivity contribution in [2.24, 2.45) is 0 Å². The number of hydrogen-bond acceptors (Lipinski definition) is 3. The van der Waals surface area contributed by atoms with Crippen LogP contribution in [0.15, 0.2) is 24.3 Å². The summed E-state index contributed by atoms with van der Waals surface area (Å²) in [5, 5.41) is 8.63. The second-order valence-electron chi connectivity index (χ2n) is 4.63. The van der Waals surface area contributed by atoms with Gasteiger partial charge in [-0.25, -0.2) is 9.18 Å². The molecule has 2 rings (SSSR count). The maximum absolute atomic E-state index is 13.8. The van der Waals surface area contributed by atoms with Crippen LogP contribution in [0.4, 0.5) is 4.39 Å². The molecule has 0 amide bonds. The van der Waals surface area contributed by atoms with Crippen molar-refractivity contribution in [3.05, 3.63) is 35.7 Å². The van der Waals surface area contributed by atoms with Crippen LogP contribution in [0.3, 0.4) is 0 Å². The van der Waals surface area contributed by atoms with E-state index in [1.54, 1.807) is 6.07 Å². The zero-order valence-electron chi connectivity index (χ0n) is 11.0. The smallest absolute Gasteiger partial charge is 0.328 e. The molecule has 108 valence electrons. The summed E-state index contributed by atoms with van der Waals surface area (Å²) >= 11 is 0. The maximum Gasteiger partial charge on any atom is 0.328 e. The fraction of sp³-hybridized carbons (Fsp3) is 0.400. The van der Waals surface area contributed by atoms with Crippen molar-refractivity contribution in [1.82, 2.24) is 0 Å². The van der Waals surface area contributed by atoms with Gasteiger partial charge in [-0.1, -0.05) is 12.1 Å². The summed E-state index contributed by atoms with van der Waals surface area (Å²) in [5.41, 5.74) is 0.406. The fourth-order valence-electron chi connectivity index (χ4n) is 2.09. The quantitative estimate of drug-likeness (QED) is 0.843. The number of aliphatic carboxylic acids is 1. The molecule has 0 aliphatic carbocycles. The Labute approximate surface area is 116 Å². The topological polar surface area (TPSA) is 55.8 Å². The largest absolute Gasteiger partial charge is 0.487 e. The standard InChI is InChI=1S/C15H17FO4/c16-13-6-3-4-11(7-8-14(17)18)15(13)20-10-12-5-1-2-9-19-12/h3-4,6-8,12H,1-2,5,9-10H2,(H,17,18)/b8-7+. The summed E-state index contributed by atoms with van der Waals surface area (Å²) in [5.74, 6) is -1.52. The van der Waals surface area contributed by atoms with E-state index in [0.717, 1.165) is 25.3 Å². The molecule has 1 aliphatic heterocycles. The number of hydrogen-bond donors (Lipinski definition) is 1. The van der Waals surface area contributed by atoms with Gasteiger partial charge in [-0.15, -0.1) is 0 Å². The average molecular weight is 280 g/mol. The Bertz CT molecular complexity index is 493. The van der Waals surface area contributed by atoms with Crippen molar-refractivity contribution in [2.75, 3.05) is 13.2 Å². The molecule has 1 saturated heterocycles. The van der Waals surface area contributed by atoms with E-state index in [0.29, 0.717) is 12.2 Å². The van der Waals surface area contributed by atoms with Gasteiger partial charge in [0.15, 0.2) is 11.6 Å². The van der Waals surface area contributed by atoms with Crippen molar-refractivity contribution >= 4 is 12.0 Å². The summed E-state index contributed by atoms with van der Waals surface area (Å²) in [7, 11) is 0. The second kappa shape index (κ2) is 7.05. The highest BCUT2D eigenvalue weighted by molar-refractivity contribution is 5.85. The van der Waals surface area contributed by atoms with E-state index < -0.39 is 11.8 Å². The first-order valence-corrected chi connectivity index (χ1v) is 6.61. The van der Waals surface area contributed by atoms with Crippen LogP contribution in [0.5, 0.6) is 5.75 Å². The average Bonchev–Trinajstić information content (AvgIpc) is 2.45. The van der Waals surface area contributed by atoms with Crippen LogP contribution < -0.4 is 4.74 Å². The van der Waals surface area contributed by atoms with Gasteiger partial charge in [0.25, 0.3) is 0 Å². The van der Waals surface area contributed by atoms with Gasteiger partial charge >= 0.3 is 5.97 Å². The van der Waals surface area contributed by atoms with Gasteiger partial charge in [0.2, 0.25) is 0 Å². The third-order valence-corrected chi connectivity index (χ3v) is 3.09. The lowest BCUT2D eigenvalue weighted by atomic mass is 10.1. The molecule has 1 aromatic carbocycles. The predicted octanol–water partition coefficient (Wildman–Crippen LogP) is 2.87. The predicted molar refractivity (Wildman–Crippen MR) is 72.2 cm³/mol. The number of carboxylic acid groups (broad SMARTS) is 1. The molecule has 20 heavy (non-hydrogen) atoms. The van der Waals surface area contributed by atoms with E-state index >= 15 is 0 Å². The molecule has 0 aromatic heterocycles. The van der Waals surface area contributed by atoms with Crippen LogP contribution in [0.1, 0.15) is 24.8 Å². The molecule has 0 radical (unpaired) electrons. The zero-order valence-corrected chi connectivity index (χ0v) is 11.0. The molecular weight excluding hydrogens is 263 g/mol. The normalized spacial score (nSPS) is 19.1. The zero-order chi connectivity index (χ0) is 14.4. The number of rotatable bonds is 5. The number of ether oxygens (including phenoxy) is 2. The third-order valence-electron chi connectivity index (χ3n) is 3.09. The molecule has 0 saturated carbocycles. The minimum Gasteiger partial charge on any atom is -0.487 e. The Hall–Kier alpha value is -1.88. The van der Waals surface area contributed by atoms with Crippen LogP contribution in [0.25, 0.3) is 6.08 Å². The Kier molecular flexibility index (Phi) is 5.12. The number of para-hydroxylation sites is 1. The van der Waals surface area contributed by atoms with Crippen molar-refractivity contribution in [3.63, 3.8) is 0 Å². The SMILES string of the molecule is O=C(O)/C=C/c1cccc(F)c1OCC1CCCCO1. The second-order valence-corrected chi connectivity index (χ2v) is 4.63. The first-order chi connectivity index (χ1) is 9.66. The minimum absolute atomic E-state index is 0.0281. The highest BCUT2D eigenvalue weighted by Crippen LogP contribution is 2.25. The summed E-state index contributed by atoms with van der Waals surface area (Å²) in [6.07, 6.45) is 5.27. The molecule has 5 heteroatoms. The van der Waals surface area contributed by atoms with E-state index in [9.17, 15) is 9.18 Å². The number of halogens is 1. The summed E-state index contributed by atoms with van der Waals surface area (Å²) in [6, 6.07) is 4.41. The maximum atomic E-state index is 13.8. The van der Waals surface area contributed by atoms with Crippen LogP contribution in [-0.2, 0) is 9.53 Å². The fourth-order valence-corrected chi connectivity index (χ4v) is 2.09. The highest BCUT2D eigenvalue weighted by Gasteiger charge is 2.16. The number of carboxylic acids is 1. The van der Waals surface area contributed by atoms with Gasteiger partial charge in [-0.2, -0.15) is 0 Å². The van der Waals surface area contributed by atoms with E-state index in [1.807, 2.05) is 0 Å². The van der Waals surface area contributed by atoms with Gasteiger partial charge in [0.1, 0.15) is 6.61 Å². The van der Waals surface area contributed by atoms with E-state index in [4.69, 9.17) is 14.6 Å². The first-order valence-electron chi connectivity index (χ1n) is 6.61. The molecule has 1 heterocycles. The summed E-state index contributed by atoms with van der Waals surface area (Å²) in [4.78, 5) is 10.5. The van der Waals surface area contributed by atoms with Crippen LogP contribution in [-0.4, -0.2) is 30.4 Å². The molecule has 0 bridgehead atoms. The van der Waals surface area contributed by atoms with E-state index in [1.165, 1.54) is 18.2 Å². The Morgan fingerprint density at radius 1 is 1.50 bits per heavy atom. The van der Waals surface area contributed by atoms with Crippen molar-refractivity contribution in [3.8, 4) is 5.75 Å². The van der Waals surface area contributed by atoms with Crippen LogP contribution >= 0.6 is 0 Å². The Morgan fingerprint density at radius 2 is 2.35 bits per heavy atom. The summed E-state index contributed by atoms with van der Waals surface area (Å²) in [6.45, 7) is 0.978. The van der Waals surface area contributed by atoms with E-state index in [2.05, 4.69) is 0 Å². The highest BCUT2D eigenvalue weighted by atomic mass is 19.1. The number of carbonyl (C=O) groups is 1. The minimum atomic E-state index is -1.09. The van der Waals surface area contributed by atoms with Gasteiger partial charge in [0.05, 0.1) is 6.10 Å². The van der Waals surface area contributed by atoms with Crippen molar-refractivity contribution in [1.29, 1.82) is 0 Å². The summed E-state index contributed by atoms with van der Waals surface area (Å²) < 4.78 is 24.8. The van der Waals surface area contributed by atoms with Crippen LogP contribution in [0.2, 0.25) is 0 Å². The molecule has 1 aliphatic rings. The third kappa shape index (κ3) is 4.06. The Balaban J connectivity index is 2.06. The lowest BCUT2D eigenvalue weighted by molar-refractivity contribution is -0.131. The van der Waals surface area contributed by atoms with Crippen molar-refractivity contribution < 1.29 is 23.8 Å². The molecule has 0 spiro atoms. The lowest BCUT2D eigenvalue weighted by Crippen LogP contribution is -2.26. The molecule has 1 fully saturated rings. The van der Waals surface area contributed by atoms with Gasteiger partial charge in [-0.3, -0.25) is 0 Å². The van der Waals surface area contributed by atoms with Gasteiger partial charge in [-0.05, 0) is 31.4 Å². The first kappa shape index (κ1) is 14.5. The van der Waals surface area contributed by atoms with Crippen LogP contribution in [0, 0.1) is 5.82 Å². The molecule has 4 nitrogen and oxygen atoms in total. The molecule has 1 atom stereocenters. The molecule has 1 N–H and O–H groups in total. The Morgan fingerprint density at radius 3 is 3.05 bits per heavy atom. The molecule has 1 unspecified atom stereocenters. The molecule has 1 aromatic rings. The monoisotopic (exact) mass is 280 g/mol. The lowest BCUT2D eigenvalue weighted by Gasteiger charge is -2.23. The van der Waals surface area contributed by atoms with Crippen molar-refractivity contribution in [2.45, 2.75) is 25.4 Å². The number of benzene rings is 1. The van der Waals surface area contributed by atoms with Gasteiger partial charge < -0.3 is 14.6 Å².